The predicted octanol–water partition coefficient (Wildman–Crippen LogP) is -0.636. The van der Waals surface area contributed by atoms with Gasteiger partial charge in [0, 0.05) is 31.7 Å². The van der Waals surface area contributed by atoms with Gasteiger partial charge in [-0.1, -0.05) is 0 Å². The van der Waals surface area contributed by atoms with E-state index < -0.39 is 6.10 Å². The molecule has 14 heavy (non-hydrogen) atoms. The lowest BCUT2D eigenvalue weighted by molar-refractivity contribution is 0.0111. The molecule has 1 aliphatic heterocycles. The summed E-state index contributed by atoms with van der Waals surface area (Å²) in [7, 11) is 2.13. The first-order valence-corrected chi connectivity index (χ1v) is 5.27. The number of hydrogen-bond donors (Lipinski definition) is 2. The SMILES string of the molecule is CC1CN(CC(O)CO)CC(C)N1C. The number of rotatable bonds is 3. The molecule has 84 valence electrons. The van der Waals surface area contributed by atoms with Crippen LogP contribution in [-0.4, -0.2) is 71.5 Å². The molecule has 1 aliphatic rings. The van der Waals surface area contributed by atoms with Crippen LogP contribution in [0, 0.1) is 0 Å². The van der Waals surface area contributed by atoms with Crippen LogP contribution in [0.3, 0.4) is 0 Å². The Bertz CT molecular complexity index is 163. The van der Waals surface area contributed by atoms with Gasteiger partial charge in [0.2, 0.25) is 0 Å². The summed E-state index contributed by atoms with van der Waals surface area (Å²) in [5, 5.41) is 18.1. The molecule has 3 atom stereocenters. The maximum Gasteiger partial charge on any atom is 0.0897 e. The number of nitrogens with zero attached hydrogens (tertiary/aromatic N) is 2. The summed E-state index contributed by atoms with van der Waals surface area (Å²) < 4.78 is 0. The molecule has 4 nitrogen and oxygen atoms in total. The molecule has 0 aromatic carbocycles. The van der Waals surface area contributed by atoms with Gasteiger partial charge in [0.1, 0.15) is 0 Å². The van der Waals surface area contributed by atoms with E-state index in [1.165, 1.54) is 0 Å². The average molecular weight is 202 g/mol. The Morgan fingerprint density at radius 3 is 2.21 bits per heavy atom. The van der Waals surface area contributed by atoms with E-state index in [-0.39, 0.29) is 6.61 Å². The van der Waals surface area contributed by atoms with Gasteiger partial charge in [-0.15, -0.1) is 0 Å². The van der Waals surface area contributed by atoms with Crippen LogP contribution in [0.2, 0.25) is 0 Å². The van der Waals surface area contributed by atoms with Crippen LogP contribution in [0.4, 0.5) is 0 Å². The molecule has 4 heteroatoms. The first-order valence-electron chi connectivity index (χ1n) is 5.27. The van der Waals surface area contributed by atoms with Gasteiger partial charge >= 0.3 is 0 Å². The van der Waals surface area contributed by atoms with Crippen molar-refractivity contribution in [3.8, 4) is 0 Å². The second-order valence-corrected chi connectivity index (χ2v) is 4.42. The first kappa shape index (κ1) is 11.9. The third-order valence-corrected chi connectivity index (χ3v) is 3.12. The standard InChI is InChI=1S/C10H22N2O2/c1-8-4-12(6-10(14)7-13)5-9(2)11(8)3/h8-10,13-14H,4-7H2,1-3H3. The monoisotopic (exact) mass is 202 g/mol. The number of hydrogen-bond acceptors (Lipinski definition) is 4. The van der Waals surface area contributed by atoms with Crippen LogP contribution in [0.1, 0.15) is 13.8 Å². The van der Waals surface area contributed by atoms with Crippen molar-refractivity contribution in [1.82, 2.24) is 9.80 Å². The third-order valence-electron chi connectivity index (χ3n) is 3.12. The number of aliphatic hydroxyl groups is 2. The molecule has 2 N–H and O–H groups in total. The summed E-state index contributed by atoms with van der Waals surface area (Å²) >= 11 is 0. The Labute approximate surface area is 86.1 Å². The molecule has 1 heterocycles. The molecule has 0 saturated carbocycles. The molecule has 0 amide bonds. The zero-order valence-electron chi connectivity index (χ0n) is 9.35. The van der Waals surface area contributed by atoms with Gasteiger partial charge in [-0.05, 0) is 20.9 Å². The molecule has 0 aromatic rings. The van der Waals surface area contributed by atoms with E-state index in [1.807, 2.05) is 0 Å². The summed E-state index contributed by atoms with van der Waals surface area (Å²) in [6.45, 7) is 6.76. The second-order valence-electron chi connectivity index (χ2n) is 4.42. The van der Waals surface area contributed by atoms with Gasteiger partial charge in [0.15, 0.2) is 0 Å². The second kappa shape index (κ2) is 5.07. The molecule has 1 saturated heterocycles. The molecule has 0 spiro atoms. The Kier molecular flexibility index (Phi) is 4.31. The van der Waals surface area contributed by atoms with Crippen molar-refractivity contribution >= 4 is 0 Å². The van der Waals surface area contributed by atoms with Crippen molar-refractivity contribution in [3.05, 3.63) is 0 Å². The highest BCUT2D eigenvalue weighted by Gasteiger charge is 2.27. The Morgan fingerprint density at radius 2 is 1.79 bits per heavy atom. The highest BCUT2D eigenvalue weighted by molar-refractivity contribution is 4.83. The van der Waals surface area contributed by atoms with Crippen LogP contribution in [0.5, 0.6) is 0 Å². The van der Waals surface area contributed by atoms with Gasteiger partial charge in [0.25, 0.3) is 0 Å². The number of likely N-dealkylation sites (N-methyl/N-ethyl adjacent to an activating group) is 1. The van der Waals surface area contributed by atoms with Crippen molar-refractivity contribution in [2.75, 3.05) is 33.3 Å². The van der Waals surface area contributed by atoms with Crippen LogP contribution in [0.25, 0.3) is 0 Å². The lowest BCUT2D eigenvalue weighted by Gasteiger charge is -2.42. The molecule has 0 aromatic heterocycles. The maximum atomic E-state index is 9.34. The van der Waals surface area contributed by atoms with Gasteiger partial charge in [-0.3, -0.25) is 9.80 Å². The van der Waals surface area contributed by atoms with E-state index in [0.717, 1.165) is 13.1 Å². The third kappa shape index (κ3) is 2.92. The van der Waals surface area contributed by atoms with Gasteiger partial charge in [-0.2, -0.15) is 0 Å². The van der Waals surface area contributed by atoms with Gasteiger partial charge in [-0.25, -0.2) is 0 Å². The van der Waals surface area contributed by atoms with Crippen LogP contribution in [-0.2, 0) is 0 Å². The largest absolute Gasteiger partial charge is 0.394 e. The Morgan fingerprint density at radius 1 is 1.29 bits per heavy atom. The number of β-amino-alcohol motifs (C(OH)–C–C–N with tert-alkyl or cyclic N) is 1. The Hall–Kier alpha value is -0.160. The number of aliphatic hydroxyl groups excluding tert-OH is 2. The molecular weight excluding hydrogens is 180 g/mol. The molecule has 1 rings (SSSR count). The summed E-state index contributed by atoms with van der Waals surface area (Å²) in [5.74, 6) is 0. The zero-order chi connectivity index (χ0) is 10.7. The van der Waals surface area contributed by atoms with Gasteiger partial charge < -0.3 is 10.2 Å². The van der Waals surface area contributed by atoms with Crippen molar-refractivity contribution < 1.29 is 10.2 Å². The minimum Gasteiger partial charge on any atom is -0.394 e. The van der Waals surface area contributed by atoms with Crippen molar-refractivity contribution in [2.24, 2.45) is 0 Å². The first-order chi connectivity index (χ1) is 6.54. The normalized spacial score (nSPS) is 33.2. The van der Waals surface area contributed by atoms with Crippen molar-refractivity contribution in [2.45, 2.75) is 32.0 Å². The summed E-state index contributed by atoms with van der Waals surface area (Å²) in [6, 6.07) is 1.04. The van der Waals surface area contributed by atoms with Crippen LogP contribution < -0.4 is 0 Å². The van der Waals surface area contributed by atoms with Crippen molar-refractivity contribution in [1.29, 1.82) is 0 Å². The fourth-order valence-corrected chi connectivity index (χ4v) is 2.02. The van der Waals surface area contributed by atoms with E-state index >= 15 is 0 Å². The summed E-state index contributed by atoms with van der Waals surface area (Å²) in [5.41, 5.74) is 0. The summed E-state index contributed by atoms with van der Waals surface area (Å²) in [6.07, 6.45) is -0.599. The summed E-state index contributed by atoms with van der Waals surface area (Å²) in [4.78, 5) is 4.57. The lowest BCUT2D eigenvalue weighted by atomic mass is 10.1. The van der Waals surface area contributed by atoms with Crippen LogP contribution >= 0.6 is 0 Å². The lowest BCUT2D eigenvalue weighted by Crippen LogP contribution is -2.56. The fraction of sp³-hybridized carbons (Fsp3) is 1.00. The molecule has 0 bridgehead atoms. The predicted molar refractivity (Wildman–Crippen MR) is 56.2 cm³/mol. The van der Waals surface area contributed by atoms with E-state index in [2.05, 4.69) is 30.7 Å². The van der Waals surface area contributed by atoms with Crippen LogP contribution in [0.15, 0.2) is 0 Å². The minimum atomic E-state index is -0.599. The molecule has 0 radical (unpaired) electrons. The van der Waals surface area contributed by atoms with Gasteiger partial charge in [0.05, 0.1) is 12.7 Å². The molecule has 1 fully saturated rings. The van der Waals surface area contributed by atoms with E-state index in [4.69, 9.17) is 5.11 Å². The molecular formula is C10H22N2O2. The smallest absolute Gasteiger partial charge is 0.0897 e. The minimum absolute atomic E-state index is 0.144. The zero-order valence-corrected chi connectivity index (χ0v) is 9.35. The van der Waals surface area contributed by atoms with Crippen molar-refractivity contribution in [3.63, 3.8) is 0 Å². The van der Waals surface area contributed by atoms with E-state index in [0.29, 0.717) is 18.6 Å². The Balaban J connectivity index is 2.41. The topological polar surface area (TPSA) is 46.9 Å². The van der Waals surface area contributed by atoms with E-state index in [9.17, 15) is 5.11 Å². The quantitative estimate of drug-likeness (QED) is 0.639. The maximum absolute atomic E-state index is 9.34. The highest BCUT2D eigenvalue weighted by atomic mass is 16.3. The molecule has 0 aliphatic carbocycles. The van der Waals surface area contributed by atoms with E-state index in [1.54, 1.807) is 0 Å². The fourth-order valence-electron chi connectivity index (χ4n) is 2.02. The number of piperazine rings is 1. The highest BCUT2D eigenvalue weighted by Crippen LogP contribution is 2.13. The molecule has 3 unspecified atom stereocenters. The average Bonchev–Trinajstić information content (AvgIpc) is 2.14.